The Morgan fingerprint density at radius 2 is 1.60 bits per heavy atom. The number of esters is 1. The van der Waals surface area contributed by atoms with Gasteiger partial charge in [0.1, 0.15) is 11.4 Å². The minimum atomic E-state index is -0.463. The molecule has 0 radical (unpaired) electrons. The van der Waals surface area contributed by atoms with Crippen LogP contribution in [0.15, 0.2) is 18.3 Å². The molecule has 0 aliphatic carbocycles. The van der Waals surface area contributed by atoms with Crippen molar-refractivity contribution in [1.29, 1.82) is 0 Å². The molecule has 2 fully saturated rings. The summed E-state index contributed by atoms with van der Waals surface area (Å²) in [5.41, 5.74) is 0.449. The maximum Gasteiger partial charge on any atom is 0.342 e. The first kappa shape index (κ1) is 17.7. The second-order valence-corrected chi connectivity index (χ2v) is 6.79. The van der Waals surface area contributed by atoms with E-state index >= 15 is 0 Å². The summed E-state index contributed by atoms with van der Waals surface area (Å²) >= 11 is 0. The van der Waals surface area contributed by atoms with Gasteiger partial charge in [0.25, 0.3) is 5.91 Å². The van der Waals surface area contributed by atoms with E-state index in [2.05, 4.69) is 9.88 Å². The highest BCUT2D eigenvalue weighted by molar-refractivity contribution is 5.96. The third kappa shape index (κ3) is 4.71. The van der Waals surface area contributed by atoms with Gasteiger partial charge in [0.05, 0.1) is 0 Å². The zero-order valence-electron chi connectivity index (χ0n) is 14.8. The number of hydrogen-bond acceptors (Lipinski definition) is 5. The lowest BCUT2D eigenvalue weighted by atomic mass is 10.1. The van der Waals surface area contributed by atoms with E-state index in [0.717, 1.165) is 51.9 Å². The average Bonchev–Trinajstić information content (AvgIpc) is 3.13. The van der Waals surface area contributed by atoms with Crippen molar-refractivity contribution in [3.63, 3.8) is 0 Å². The van der Waals surface area contributed by atoms with Gasteiger partial charge in [0.15, 0.2) is 6.61 Å². The van der Waals surface area contributed by atoms with Crippen LogP contribution in [0.25, 0.3) is 0 Å². The van der Waals surface area contributed by atoms with Crippen LogP contribution in [-0.4, -0.2) is 54.5 Å². The Balaban J connectivity index is 1.58. The minimum Gasteiger partial charge on any atom is -0.452 e. The smallest absolute Gasteiger partial charge is 0.342 e. The first-order valence-corrected chi connectivity index (χ1v) is 9.40. The molecule has 0 unspecified atom stereocenters. The Hall–Kier alpha value is -2.11. The Morgan fingerprint density at radius 3 is 2.32 bits per heavy atom. The number of pyridine rings is 1. The van der Waals surface area contributed by atoms with E-state index in [9.17, 15) is 9.59 Å². The number of carbonyl (C=O) groups excluding carboxylic acids is 2. The van der Waals surface area contributed by atoms with Gasteiger partial charge in [0.2, 0.25) is 0 Å². The number of rotatable bonds is 4. The van der Waals surface area contributed by atoms with Gasteiger partial charge in [-0.1, -0.05) is 19.3 Å². The zero-order chi connectivity index (χ0) is 17.5. The van der Waals surface area contributed by atoms with E-state index in [-0.39, 0.29) is 12.5 Å². The van der Waals surface area contributed by atoms with E-state index in [0.29, 0.717) is 11.4 Å². The van der Waals surface area contributed by atoms with Gasteiger partial charge in [-0.05, 0) is 37.8 Å². The Morgan fingerprint density at radius 1 is 0.960 bits per heavy atom. The lowest BCUT2D eigenvalue weighted by molar-refractivity contribution is -0.134. The predicted octanol–water partition coefficient (Wildman–Crippen LogP) is 2.63. The molecule has 2 saturated heterocycles. The first-order chi connectivity index (χ1) is 12.3. The van der Waals surface area contributed by atoms with Crippen LogP contribution in [0.5, 0.6) is 0 Å². The fourth-order valence-electron chi connectivity index (χ4n) is 3.53. The molecule has 3 heterocycles. The highest BCUT2D eigenvalue weighted by Gasteiger charge is 2.23. The Kier molecular flexibility index (Phi) is 6.25. The van der Waals surface area contributed by atoms with Gasteiger partial charge < -0.3 is 14.5 Å². The van der Waals surface area contributed by atoms with Gasteiger partial charge in [-0.2, -0.15) is 0 Å². The molecule has 1 aromatic heterocycles. The quantitative estimate of drug-likeness (QED) is 0.785. The summed E-state index contributed by atoms with van der Waals surface area (Å²) in [7, 11) is 0. The fraction of sp³-hybridized carbons (Fsp3) is 0.632. The molecule has 0 saturated carbocycles. The Bertz CT molecular complexity index is 591. The van der Waals surface area contributed by atoms with Crippen molar-refractivity contribution in [2.75, 3.05) is 37.7 Å². The number of ether oxygens (including phenoxy) is 1. The third-order valence-electron chi connectivity index (χ3n) is 4.95. The van der Waals surface area contributed by atoms with Crippen LogP contribution in [0.4, 0.5) is 5.82 Å². The highest BCUT2D eigenvalue weighted by atomic mass is 16.5. The van der Waals surface area contributed by atoms with Gasteiger partial charge >= 0.3 is 5.97 Å². The molecular weight excluding hydrogens is 318 g/mol. The van der Waals surface area contributed by atoms with Crippen LogP contribution in [0.2, 0.25) is 0 Å². The predicted molar refractivity (Wildman–Crippen MR) is 95.6 cm³/mol. The molecule has 136 valence electrons. The van der Waals surface area contributed by atoms with Crippen molar-refractivity contribution in [3.8, 4) is 0 Å². The first-order valence-electron chi connectivity index (χ1n) is 9.40. The molecule has 0 aromatic carbocycles. The van der Waals surface area contributed by atoms with E-state index in [1.807, 2.05) is 4.90 Å². The van der Waals surface area contributed by atoms with Crippen LogP contribution in [0, 0.1) is 0 Å². The summed E-state index contributed by atoms with van der Waals surface area (Å²) < 4.78 is 5.32. The molecule has 6 heteroatoms. The lowest BCUT2D eigenvalue weighted by Crippen LogP contribution is -2.37. The second-order valence-electron chi connectivity index (χ2n) is 6.79. The van der Waals surface area contributed by atoms with Gasteiger partial charge in [-0.25, -0.2) is 9.78 Å². The SMILES string of the molecule is O=C(OCC(=O)N1CCCCCCC1)c1cccnc1N1CCCC1. The van der Waals surface area contributed by atoms with Crippen LogP contribution >= 0.6 is 0 Å². The molecular formula is C19H27N3O3. The van der Waals surface area contributed by atoms with E-state index < -0.39 is 5.97 Å². The molecule has 3 rings (SSSR count). The van der Waals surface area contributed by atoms with E-state index in [1.54, 1.807) is 18.3 Å². The Labute approximate surface area is 149 Å². The van der Waals surface area contributed by atoms with Gasteiger partial charge in [-0.3, -0.25) is 4.79 Å². The summed E-state index contributed by atoms with van der Waals surface area (Å²) in [6.07, 6.45) is 9.55. The number of aromatic nitrogens is 1. The lowest BCUT2D eigenvalue weighted by Gasteiger charge is -2.24. The maximum absolute atomic E-state index is 12.5. The molecule has 0 spiro atoms. The van der Waals surface area contributed by atoms with E-state index in [4.69, 9.17) is 4.74 Å². The van der Waals surface area contributed by atoms with Crippen LogP contribution in [0.3, 0.4) is 0 Å². The summed E-state index contributed by atoms with van der Waals surface area (Å²) in [6.45, 7) is 3.16. The van der Waals surface area contributed by atoms with Crippen molar-refractivity contribution < 1.29 is 14.3 Å². The van der Waals surface area contributed by atoms with Crippen molar-refractivity contribution in [3.05, 3.63) is 23.9 Å². The van der Waals surface area contributed by atoms with Crippen molar-refractivity contribution in [1.82, 2.24) is 9.88 Å². The number of likely N-dealkylation sites (tertiary alicyclic amines) is 1. The molecule has 6 nitrogen and oxygen atoms in total. The largest absolute Gasteiger partial charge is 0.452 e. The van der Waals surface area contributed by atoms with Crippen molar-refractivity contribution >= 4 is 17.7 Å². The van der Waals surface area contributed by atoms with Crippen molar-refractivity contribution in [2.24, 2.45) is 0 Å². The highest BCUT2D eigenvalue weighted by Crippen LogP contribution is 2.22. The van der Waals surface area contributed by atoms with Crippen LogP contribution < -0.4 is 4.90 Å². The number of hydrogen-bond donors (Lipinski definition) is 0. The number of amides is 1. The minimum absolute atomic E-state index is 0.0955. The normalized spacial score (nSPS) is 18.6. The maximum atomic E-state index is 12.5. The summed E-state index contributed by atoms with van der Waals surface area (Å²) in [4.78, 5) is 33.1. The third-order valence-corrected chi connectivity index (χ3v) is 4.95. The topological polar surface area (TPSA) is 62.7 Å². The monoisotopic (exact) mass is 345 g/mol. The molecule has 25 heavy (non-hydrogen) atoms. The fourth-order valence-corrected chi connectivity index (χ4v) is 3.53. The molecule has 1 aromatic rings. The molecule has 1 amide bonds. The molecule has 0 N–H and O–H groups in total. The molecule has 0 atom stereocenters. The number of nitrogens with zero attached hydrogens (tertiary/aromatic N) is 3. The molecule has 2 aliphatic heterocycles. The zero-order valence-corrected chi connectivity index (χ0v) is 14.8. The second kappa shape index (κ2) is 8.83. The van der Waals surface area contributed by atoms with E-state index in [1.165, 1.54) is 19.3 Å². The standard InChI is InChI=1S/C19H27N3O3/c23-17(21-11-4-2-1-3-5-12-21)15-25-19(24)16-9-8-10-20-18(16)22-13-6-7-14-22/h8-10H,1-7,11-15H2. The molecule has 0 bridgehead atoms. The average molecular weight is 345 g/mol. The number of anilines is 1. The summed E-state index contributed by atoms with van der Waals surface area (Å²) in [5.74, 6) is 0.112. The van der Waals surface area contributed by atoms with Crippen molar-refractivity contribution in [2.45, 2.75) is 44.9 Å². The molecule has 2 aliphatic rings. The summed E-state index contributed by atoms with van der Waals surface area (Å²) in [6, 6.07) is 3.46. The van der Waals surface area contributed by atoms with Gasteiger partial charge in [-0.15, -0.1) is 0 Å². The number of carbonyl (C=O) groups is 2. The summed E-state index contributed by atoms with van der Waals surface area (Å²) in [5, 5.41) is 0. The van der Waals surface area contributed by atoms with Crippen LogP contribution in [0.1, 0.15) is 55.3 Å². The van der Waals surface area contributed by atoms with Gasteiger partial charge in [0, 0.05) is 32.4 Å². The van der Waals surface area contributed by atoms with Crippen LogP contribution in [-0.2, 0) is 9.53 Å².